The van der Waals surface area contributed by atoms with Crippen molar-refractivity contribution in [1.82, 2.24) is 15.5 Å². The Morgan fingerprint density at radius 3 is 2.78 bits per heavy atom. The Kier molecular flexibility index (Phi) is 4.25. The number of rotatable bonds is 2. The molecule has 2 N–H and O–H groups in total. The first kappa shape index (κ1) is 13.8. The number of piperazine rings is 1. The lowest BCUT2D eigenvalue weighted by atomic mass is 9.94. The zero-order chi connectivity index (χ0) is 13.2. The Balaban J connectivity index is 1.92. The van der Waals surface area contributed by atoms with Crippen LogP contribution in [0.3, 0.4) is 0 Å². The van der Waals surface area contributed by atoms with Gasteiger partial charge in [0.15, 0.2) is 0 Å². The maximum atomic E-state index is 12.4. The van der Waals surface area contributed by atoms with E-state index in [2.05, 4.69) is 24.5 Å². The molecule has 2 rings (SSSR count). The molecule has 3 unspecified atom stereocenters. The molecule has 0 aromatic carbocycles. The summed E-state index contributed by atoms with van der Waals surface area (Å²) >= 11 is 0. The molecule has 2 saturated heterocycles. The maximum Gasteiger partial charge on any atom is 0.241 e. The van der Waals surface area contributed by atoms with Crippen LogP contribution in [0.4, 0.5) is 0 Å². The van der Waals surface area contributed by atoms with Crippen LogP contribution < -0.4 is 10.6 Å². The molecule has 5 nitrogen and oxygen atoms in total. The van der Waals surface area contributed by atoms with Crippen LogP contribution in [0.15, 0.2) is 0 Å². The van der Waals surface area contributed by atoms with Crippen LogP contribution in [0.5, 0.6) is 0 Å². The van der Waals surface area contributed by atoms with E-state index in [1.165, 1.54) is 0 Å². The molecular weight excluding hydrogens is 230 g/mol. The topological polar surface area (TPSA) is 53.6 Å². The Bertz CT molecular complexity index is 303. The van der Waals surface area contributed by atoms with Crippen LogP contribution >= 0.6 is 0 Å². The Morgan fingerprint density at radius 2 is 2.17 bits per heavy atom. The molecule has 1 amide bonds. The number of nitrogens with one attached hydrogen (secondary N) is 2. The minimum absolute atomic E-state index is 0.0830. The molecule has 104 valence electrons. The van der Waals surface area contributed by atoms with Gasteiger partial charge in [0.1, 0.15) is 0 Å². The van der Waals surface area contributed by atoms with Crippen molar-refractivity contribution in [3.63, 3.8) is 0 Å². The molecule has 0 aromatic rings. The van der Waals surface area contributed by atoms with E-state index in [4.69, 9.17) is 4.74 Å². The van der Waals surface area contributed by atoms with Gasteiger partial charge in [-0.3, -0.25) is 4.79 Å². The SMILES string of the molecule is COC1(C)CCCN(C(=O)C2CNC(C)CN2)C1. The molecule has 0 radical (unpaired) electrons. The molecule has 2 aliphatic rings. The van der Waals surface area contributed by atoms with Gasteiger partial charge in [-0.25, -0.2) is 0 Å². The van der Waals surface area contributed by atoms with E-state index in [1.807, 2.05) is 4.90 Å². The summed E-state index contributed by atoms with van der Waals surface area (Å²) in [5.41, 5.74) is -0.177. The maximum absolute atomic E-state index is 12.4. The van der Waals surface area contributed by atoms with Gasteiger partial charge in [0, 0.05) is 39.3 Å². The molecule has 0 bridgehead atoms. The second kappa shape index (κ2) is 5.55. The molecule has 2 aliphatic heterocycles. The van der Waals surface area contributed by atoms with E-state index in [1.54, 1.807) is 7.11 Å². The van der Waals surface area contributed by atoms with Crippen LogP contribution in [0, 0.1) is 0 Å². The molecule has 0 aromatic heterocycles. The minimum Gasteiger partial charge on any atom is -0.377 e. The molecule has 0 saturated carbocycles. The van der Waals surface area contributed by atoms with E-state index < -0.39 is 0 Å². The van der Waals surface area contributed by atoms with Crippen molar-refractivity contribution >= 4 is 5.91 Å². The quantitative estimate of drug-likeness (QED) is 0.727. The van der Waals surface area contributed by atoms with Gasteiger partial charge in [0.2, 0.25) is 5.91 Å². The van der Waals surface area contributed by atoms with E-state index in [-0.39, 0.29) is 17.6 Å². The van der Waals surface area contributed by atoms with Crippen molar-refractivity contribution in [1.29, 1.82) is 0 Å². The predicted octanol–water partition coefficient (Wildman–Crippen LogP) is -0.0362. The standard InChI is InChI=1S/C13H25N3O2/c1-10-7-15-11(8-14-10)12(17)16-6-4-5-13(2,9-16)18-3/h10-11,14-15H,4-9H2,1-3H3. The summed E-state index contributed by atoms with van der Waals surface area (Å²) in [7, 11) is 1.73. The van der Waals surface area contributed by atoms with Crippen LogP contribution in [-0.4, -0.2) is 61.8 Å². The van der Waals surface area contributed by atoms with Gasteiger partial charge in [-0.2, -0.15) is 0 Å². The number of nitrogens with zero attached hydrogens (tertiary/aromatic N) is 1. The number of carbonyl (C=O) groups excluding carboxylic acids is 1. The molecule has 2 heterocycles. The molecular formula is C13H25N3O2. The average molecular weight is 255 g/mol. The molecule has 5 heteroatoms. The number of methoxy groups -OCH3 is 1. The summed E-state index contributed by atoms with van der Waals surface area (Å²) in [4.78, 5) is 14.4. The highest BCUT2D eigenvalue weighted by molar-refractivity contribution is 5.82. The number of likely N-dealkylation sites (tertiary alicyclic amines) is 1. The first-order valence-electron chi connectivity index (χ1n) is 6.85. The number of ether oxygens (including phenoxy) is 1. The van der Waals surface area contributed by atoms with E-state index in [0.29, 0.717) is 12.6 Å². The van der Waals surface area contributed by atoms with Crippen molar-refractivity contribution in [3.05, 3.63) is 0 Å². The van der Waals surface area contributed by atoms with Crippen LogP contribution in [0.1, 0.15) is 26.7 Å². The zero-order valence-electron chi connectivity index (χ0n) is 11.7. The lowest BCUT2D eigenvalue weighted by Gasteiger charge is -2.41. The third-order valence-electron chi connectivity index (χ3n) is 4.10. The Morgan fingerprint density at radius 1 is 1.39 bits per heavy atom. The molecule has 0 spiro atoms. The second-order valence-corrected chi connectivity index (χ2v) is 5.79. The van der Waals surface area contributed by atoms with Crippen molar-refractivity contribution in [2.75, 3.05) is 33.3 Å². The summed E-state index contributed by atoms with van der Waals surface area (Å²) in [5, 5.41) is 6.66. The van der Waals surface area contributed by atoms with Crippen molar-refractivity contribution < 1.29 is 9.53 Å². The lowest BCUT2D eigenvalue weighted by molar-refractivity contribution is -0.141. The summed E-state index contributed by atoms with van der Waals surface area (Å²) < 4.78 is 5.53. The summed E-state index contributed by atoms with van der Waals surface area (Å²) in [5.74, 6) is 0.206. The highest BCUT2D eigenvalue weighted by Gasteiger charge is 2.36. The van der Waals surface area contributed by atoms with Gasteiger partial charge in [0.05, 0.1) is 11.6 Å². The largest absolute Gasteiger partial charge is 0.377 e. The van der Waals surface area contributed by atoms with E-state index >= 15 is 0 Å². The van der Waals surface area contributed by atoms with Crippen LogP contribution in [0.25, 0.3) is 0 Å². The highest BCUT2D eigenvalue weighted by Crippen LogP contribution is 2.24. The first-order valence-corrected chi connectivity index (χ1v) is 6.85. The van der Waals surface area contributed by atoms with Gasteiger partial charge < -0.3 is 20.3 Å². The smallest absolute Gasteiger partial charge is 0.241 e. The average Bonchev–Trinajstić information content (AvgIpc) is 2.39. The van der Waals surface area contributed by atoms with Gasteiger partial charge in [-0.15, -0.1) is 0 Å². The van der Waals surface area contributed by atoms with Crippen LogP contribution in [-0.2, 0) is 9.53 Å². The monoisotopic (exact) mass is 255 g/mol. The summed E-state index contributed by atoms with van der Waals surface area (Å²) in [6.07, 6.45) is 2.05. The van der Waals surface area contributed by atoms with Crippen molar-refractivity contribution in [3.8, 4) is 0 Å². The molecule has 18 heavy (non-hydrogen) atoms. The highest BCUT2D eigenvalue weighted by atomic mass is 16.5. The van der Waals surface area contributed by atoms with Gasteiger partial charge in [-0.1, -0.05) is 0 Å². The van der Waals surface area contributed by atoms with Gasteiger partial charge in [0.25, 0.3) is 0 Å². The number of hydrogen-bond acceptors (Lipinski definition) is 4. The molecule has 2 fully saturated rings. The molecule has 0 aliphatic carbocycles. The third-order valence-corrected chi connectivity index (χ3v) is 4.10. The summed E-state index contributed by atoms with van der Waals surface area (Å²) in [6, 6.07) is 0.361. The fraction of sp³-hybridized carbons (Fsp3) is 0.923. The van der Waals surface area contributed by atoms with E-state index in [9.17, 15) is 4.79 Å². The molecule has 3 atom stereocenters. The third kappa shape index (κ3) is 3.02. The zero-order valence-corrected chi connectivity index (χ0v) is 11.7. The number of piperidine rings is 1. The normalized spacial score (nSPS) is 37.6. The van der Waals surface area contributed by atoms with E-state index in [0.717, 1.165) is 32.5 Å². The fourth-order valence-corrected chi connectivity index (χ4v) is 2.74. The summed E-state index contributed by atoms with van der Waals surface area (Å²) in [6.45, 7) is 7.34. The van der Waals surface area contributed by atoms with Crippen molar-refractivity contribution in [2.45, 2.75) is 44.4 Å². The fourth-order valence-electron chi connectivity index (χ4n) is 2.74. The number of carbonyl (C=O) groups is 1. The van der Waals surface area contributed by atoms with Crippen LogP contribution in [0.2, 0.25) is 0 Å². The Labute approximate surface area is 109 Å². The minimum atomic E-state index is -0.177. The van der Waals surface area contributed by atoms with Gasteiger partial charge >= 0.3 is 0 Å². The first-order chi connectivity index (χ1) is 8.54. The van der Waals surface area contributed by atoms with Crippen molar-refractivity contribution in [2.24, 2.45) is 0 Å². The van der Waals surface area contributed by atoms with Gasteiger partial charge in [-0.05, 0) is 26.7 Å². The predicted molar refractivity (Wildman–Crippen MR) is 70.5 cm³/mol. The lowest BCUT2D eigenvalue weighted by Crippen LogP contribution is -2.61. The Hall–Kier alpha value is -0.650. The number of hydrogen-bond donors (Lipinski definition) is 2. The second-order valence-electron chi connectivity index (χ2n) is 5.79. The number of amides is 1.